The molecule has 0 aromatic heterocycles. The van der Waals surface area contributed by atoms with Crippen molar-refractivity contribution < 1.29 is 28.6 Å². The standard InChI is InChI=1S/C24H24ClNO6/c1-3-30-23(29)31-17-6-4-16(5-7-17)22(28)26-10-8-24(9-11-26)14-20(27)18-13-19(25)15(2)12-21(18)32-24/h4-7,12-13H,3,8-11,14H2,1-2H3. The van der Waals surface area contributed by atoms with Gasteiger partial charge >= 0.3 is 6.16 Å². The Morgan fingerprint density at radius 3 is 2.50 bits per heavy atom. The number of halogens is 1. The number of rotatable bonds is 3. The van der Waals surface area contributed by atoms with Gasteiger partial charge < -0.3 is 19.1 Å². The van der Waals surface area contributed by atoms with E-state index in [4.69, 9.17) is 25.8 Å². The summed E-state index contributed by atoms with van der Waals surface area (Å²) in [7, 11) is 0. The van der Waals surface area contributed by atoms with Crippen molar-refractivity contribution in [2.45, 2.75) is 38.7 Å². The van der Waals surface area contributed by atoms with E-state index < -0.39 is 11.8 Å². The Balaban J connectivity index is 1.40. The first-order valence-corrected chi connectivity index (χ1v) is 10.9. The number of Topliss-reactive ketones (excluding diaryl/α,β-unsaturated/α-hetero) is 1. The third kappa shape index (κ3) is 4.43. The molecule has 0 radical (unpaired) electrons. The topological polar surface area (TPSA) is 82.1 Å². The van der Waals surface area contributed by atoms with E-state index in [0.29, 0.717) is 53.6 Å². The molecule has 2 aromatic carbocycles. The number of fused-ring (bicyclic) bond motifs is 1. The summed E-state index contributed by atoms with van der Waals surface area (Å²) in [5.41, 5.74) is 1.28. The SMILES string of the molecule is CCOC(=O)Oc1ccc(C(=O)N2CCC3(CC2)CC(=O)c2cc(Cl)c(C)cc2O3)cc1. The first-order valence-electron chi connectivity index (χ1n) is 10.6. The Morgan fingerprint density at radius 2 is 1.84 bits per heavy atom. The molecule has 2 aromatic rings. The maximum absolute atomic E-state index is 12.9. The van der Waals surface area contributed by atoms with Gasteiger partial charge in [-0.25, -0.2) is 4.79 Å². The number of carbonyl (C=O) groups excluding carboxylic acids is 3. The highest BCUT2D eigenvalue weighted by atomic mass is 35.5. The van der Waals surface area contributed by atoms with Crippen LogP contribution >= 0.6 is 11.6 Å². The lowest BCUT2D eigenvalue weighted by molar-refractivity contribution is -0.00573. The first kappa shape index (κ1) is 22.1. The largest absolute Gasteiger partial charge is 0.513 e. The van der Waals surface area contributed by atoms with Crippen LogP contribution in [0.25, 0.3) is 0 Å². The van der Waals surface area contributed by atoms with Gasteiger partial charge in [0, 0.05) is 36.5 Å². The summed E-state index contributed by atoms with van der Waals surface area (Å²) < 4.78 is 16.1. The molecule has 32 heavy (non-hydrogen) atoms. The maximum atomic E-state index is 12.9. The number of hydrogen-bond acceptors (Lipinski definition) is 6. The molecule has 7 nitrogen and oxygen atoms in total. The molecule has 2 aliphatic heterocycles. The van der Waals surface area contributed by atoms with Crippen LogP contribution in [0.1, 0.15) is 52.5 Å². The van der Waals surface area contributed by atoms with E-state index in [0.717, 1.165) is 5.56 Å². The minimum Gasteiger partial charge on any atom is -0.486 e. The fraction of sp³-hybridized carbons (Fsp3) is 0.375. The van der Waals surface area contributed by atoms with Crippen molar-refractivity contribution in [3.63, 3.8) is 0 Å². The molecule has 0 saturated carbocycles. The van der Waals surface area contributed by atoms with Crippen LogP contribution in [0.2, 0.25) is 5.02 Å². The molecule has 4 rings (SSSR count). The second-order valence-corrected chi connectivity index (χ2v) is 8.49. The van der Waals surface area contributed by atoms with E-state index in [-0.39, 0.29) is 24.7 Å². The number of hydrogen-bond donors (Lipinski definition) is 0. The highest BCUT2D eigenvalue weighted by Crippen LogP contribution is 2.41. The number of carbonyl (C=O) groups is 3. The average molecular weight is 458 g/mol. The van der Waals surface area contributed by atoms with Gasteiger partial charge in [0.2, 0.25) is 0 Å². The molecule has 0 bridgehead atoms. The molecule has 1 amide bonds. The van der Waals surface area contributed by atoms with Crippen molar-refractivity contribution >= 4 is 29.4 Å². The van der Waals surface area contributed by atoms with Crippen LogP contribution in [0.5, 0.6) is 11.5 Å². The highest BCUT2D eigenvalue weighted by Gasteiger charge is 2.44. The maximum Gasteiger partial charge on any atom is 0.513 e. The number of amides is 1. The van der Waals surface area contributed by atoms with Crippen molar-refractivity contribution in [3.05, 3.63) is 58.1 Å². The number of ketones is 1. The monoisotopic (exact) mass is 457 g/mol. The van der Waals surface area contributed by atoms with E-state index in [1.807, 2.05) is 13.0 Å². The van der Waals surface area contributed by atoms with Crippen molar-refractivity contribution in [1.29, 1.82) is 0 Å². The molecular formula is C24H24ClNO6. The quantitative estimate of drug-likeness (QED) is 0.485. The second-order valence-electron chi connectivity index (χ2n) is 8.08. The number of ether oxygens (including phenoxy) is 3. The van der Waals surface area contributed by atoms with Gasteiger partial charge in [0.1, 0.15) is 17.1 Å². The van der Waals surface area contributed by atoms with Gasteiger partial charge in [-0.05, 0) is 55.8 Å². The fourth-order valence-corrected chi connectivity index (χ4v) is 4.27. The summed E-state index contributed by atoms with van der Waals surface area (Å²) >= 11 is 6.17. The molecule has 2 aliphatic rings. The number of benzene rings is 2. The fourth-order valence-electron chi connectivity index (χ4n) is 4.10. The Kier molecular flexibility index (Phi) is 6.11. The van der Waals surface area contributed by atoms with Crippen molar-refractivity contribution in [3.8, 4) is 11.5 Å². The molecule has 1 spiro atoms. The Morgan fingerprint density at radius 1 is 1.16 bits per heavy atom. The lowest BCUT2D eigenvalue weighted by Crippen LogP contribution is -2.52. The molecule has 8 heteroatoms. The molecular weight excluding hydrogens is 434 g/mol. The van der Waals surface area contributed by atoms with Crippen LogP contribution in [-0.2, 0) is 4.74 Å². The smallest absolute Gasteiger partial charge is 0.486 e. The minimum atomic E-state index is -0.783. The third-order valence-corrected chi connectivity index (χ3v) is 6.30. The lowest BCUT2D eigenvalue weighted by atomic mass is 9.82. The predicted octanol–water partition coefficient (Wildman–Crippen LogP) is 4.82. The van der Waals surface area contributed by atoms with Crippen molar-refractivity contribution in [2.24, 2.45) is 0 Å². The van der Waals surface area contributed by atoms with E-state index in [1.165, 1.54) is 0 Å². The lowest BCUT2D eigenvalue weighted by Gasteiger charge is -2.44. The summed E-state index contributed by atoms with van der Waals surface area (Å²) in [6.07, 6.45) is 0.626. The number of nitrogens with zero attached hydrogens (tertiary/aromatic N) is 1. The summed E-state index contributed by atoms with van der Waals surface area (Å²) in [5.74, 6) is 0.777. The van der Waals surface area contributed by atoms with Gasteiger partial charge in [-0.2, -0.15) is 0 Å². The van der Waals surface area contributed by atoms with E-state index in [9.17, 15) is 14.4 Å². The third-order valence-electron chi connectivity index (χ3n) is 5.90. The van der Waals surface area contributed by atoms with Crippen molar-refractivity contribution in [2.75, 3.05) is 19.7 Å². The van der Waals surface area contributed by atoms with Gasteiger partial charge in [0.05, 0.1) is 18.6 Å². The van der Waals surface area contributed by atoms with Crippen LogP contribution in [0.3, 0.4) is 0 Å². The summed E-state index contributed by atoms with van der Waals surface area (Å²) in [5, 5.41) is 0.552. The molecule has 2 heterocycles. The normalized spacial score (nSPS) is 16.8. The molecule has 1 fully saturated rings. The summed E-state index contributed by atoms with van der Waals surface area (Å²) in [6.45, 7) is 4.75. The number of aryl methyl sites for hydroxylation is 1. The molecule has 0 aliphatic carbocycles. The molecule has 0 unspecified atom stereocenters. The zero-order valence-electron chi connectivity index (χ0n) is 18.0. The average Bonchev–Trinajstić information content (AvgIpc) is 2.76. The number of piperidine rings is 1. The Bertz CT molecular complexity index is 1060. The van der Waals surface area contributed by atoms with Crippen LogP contribution in [0.15, 0.2) is 36.4 Å². The number of likely N-dealkylation sites (tertiary alicyclic amines) is 1. The van der Waals surface area contributed by atoms with Gasteiger partial charge in [-0.15, -0.1) is 0 Å². The Labute approximate surface area is 191 Å². The Hall–Kier alpha value is -3.06. The molecule has 0 atom stereocenters. The van der Waals surface area contributed by atoms with Crippen LogP contribution in [0, 0.1) is 6.92 Å². The zero-order chi connectivity index (χ0) is 22.9. The second kappa shape index (κ2) is 8.82. The van der Waals surface area contributed by atoms with Gasteiger partial charge in [-0.3, -0.25) is 9.59 Å². The highest BCUT2D eigenvalue weighted by molar-refractivity contribution is 6.31. The molecule has 1 saturated heterocycles. The molecule has 168 valence electrons. The molecule has 0 N–H and O–H groups in total. The van der Waals surface area contributed by atoms with Gasteiger partial charge in [0.15, 0.2) is 5.78 Å². The minimum absolute atomic E-state index is 0.0186. The van der Waals surface area contributed by atoms with Crippen LogP contribution in [-0.4, -0.2) is 48.0 Å². The van der Waals surface area contributed by atoms with E-state index in [2.05, 4.69) is 0 Å². The van der Waals surface area contributed by atoms with E-state index in [1.54, 1.807) is 42.2 Å². The summed E-state index contributed by atoms with van der Waals surface area (Å²) in [4.78, 5) is 38.8. The predicted molar refractivity (Wildman–Crippen MR) is 118 cm³/mol. The van der Waals surface area contributed by atoms with Gasteiger partial charge in [0.25, 0.3) is 5.91 Å². The van der Waals surface area contributed by atoms with Crippen molar-refractivity contribution in [1.82, 2.24) is 4.90 Å². The van der Waals surface area contributed by atoms with Gasteiger partial charge in [-0.1, -0.05) is 11.6 Å². The first-order chi connectivity index (χ1) is 15.3. The van der Waals surface area contributed by atoms with Crippen LogP contribution in [0.4, 0.5) is 4.79 Å². The zero-order valence-corrected chi connectivity index (χ0v) is 18.7. The van der Waals surface area contributed by atoms with E-state index >= 15 is 0 Å². The van der Waals surface area contributed by atoms with Crippen LogP contribution < -0.4 is 9.47 Å². The summed E-state index contributed by atoms with van der Waals surface area (Å²) in [6, 6.07) is 9.84.